The summed E-state index contributed by atoms with van der Waals surface area (Å²) in [4.78, 5) is 26.6. The molecule has 0 spiro atoms. The first-order valence-electron chi connectivity index (χ1n) is 8.35. The second kappa shape index (κ2) is 8.70. The van der Waals surface area contributed by atoms with Crippen molar-refractivity contribution in [1.29, 1.82) is 0 Å². The summed E-state index contributed by atoms with van der Waals surface area (Å²) in [6.07, 6.45) is -0.870. The Morgan fingerprint density at radius 3 is 2.45 bits per heavy atom. The molecule has 0 aliphatic carbocycles. The number of hydrogen-bond donors (Lipinski definition) is 4. The van der Waals surface area contributed by atoms with Gasteiger partial charge in [0.15, 0.2) is 0 Å². The Kier molecular flexibility index (Phi) is 6.56. The first-order chi connectivity index (χ1) is 13.5. The van der Waals surface area contributed by atoms with E-state index < -0.39 is 32.5 Å². The predicted molar refractivity (Wildman–Crippen MR) is 106 cm³/mol. The van der Waals surface area contributed by atoms with E-state index in [4.69, 9.17) is 10.9 Å². The second-order valence-electron chi connectivity index (χ2n) is 5.91. The zero-order valence-corrected chi connectivity index (χ0v) is 16.2. The molecule has 2 aromatic rings. The summed E-state index contributed by atoms with van der Waals surface area (Å²) in [6.45, 7) is 1.90. The normalized spacial score (nSPS) is 11.1. The van der Waals surface area contributed by atoms with Crippen LogP contribution in [0.15, 0.2) is 35.2 Å². The quantitative estimate of drug-likeness (QED) is 0.357. The maximum atomic E-state index is 11.3. The summed E-state index contributed by atoms with van der Waals surface area (Å²) >= 11 is 0. The zero-order valence-electron chi connectivity index (χ0n) is 15.4. The third-order valence-electron chi connectivity index (χ3n) is 3.99. The van der Waals surface area contributed by atoms with Crippen LogP contribution in [0.5, 0.6) is 0 Å². The van der Waals surface area contributed by atoms with Crippen LogP contribution in [0.2, 0.25) is 0 Å². The fourth-order valence-corrected chi connectivity index (χ4v) is 3.11. The molecule has 0 unspecified atom stereocenters. The Morgan fingerprint density at radius 2 is 1.97 bits per heavy atom. The first kappa shape index (κ1) is 21.8. The molecule has 0 saturated carbocycles. The molecule has 0 aliphatic rings. The van der Waals surface area contributed by atoms with Gasteiger partial charge in [0.25, 0.3) is 0 Å². The van der Waals surface area contributed by atoms with Crippen molar-refractivity contribution in [3.8, 4) is 0 Å². The highest BCUT2D eigenvalue weighted by molar-refractivity contribution is 7.89. The molecule has 29 heavy (non-hydrogen) atoms. The van der Waals surface area contributed by atoms with Crippen molar-refractivity contribution in [2.24, 2.45) is 5.14 Å². The zero-order chi connectivity index (χ0) is 21.8. The van der Waals surface area contributed by atoms with Gasteiger partial charge >= 0.3 is 11.8 Å². The number of primary sulfonamides is 1. The Labute approximate surface area is 166 Å². The number of pyridine rings is 1. The van der Waals surface area contributed by atoms with Crippen LogP contribution < -0.4 is 21.1 Å². The molecule has 1 amide bonds. The SMILES string of the molecule is CCN(C(=O)O)c1cc(NCCc2ccc(S(N)(=O)=O)cc2)c([N+](=O)[O-])c(N)n1. The van der Waals surface area contributed by atoms with E-state index >= 15 is 0 Å². The van der Waals surface area contributed by atoms with E-state index in [9.17, 15) is 28.4 Å². The topological polar surface area (TPSA) is 195 Å². The van der Waals surface area contributed by atoms with Gasteiger partial charge in [-0.15, -0.1) is 0 Å². The van der Waals surface area contributed by atoms with Crippen LogP contribution in [0.4, 0.5) is 27.8 Å². The summed E-state index contributed by atoms with van der Waals surface area (Å²) in [7, 11) is -3.79. The average Bonchev–Trinajstić information content (AvgIpc) is 2.61. The van der Waals surface area contributed by atoms with Gasteiger partial charge in [0.05, 0.1) is 9.82 Å². The molecule has 13 heteroatoms. The highest BCUT2D eigenvalue weighted by Crippen LogP contribution is 2.33. The number of aromatic nitrogens is 1. The molecule has 1 aromatic carbocycles. The van der Waals surface area contributed by atoms with Gasteiger partial charge in [-0.3, -0.25) is 15.0 Å². The number of carbonyl (C=O) groups is 1. The van der Waals surface area contributed by atoms with E-state index in [0.29, 0.717) is 6.42 Å². The summed E-state index contributed by atoms with van der Waals surface area (Å²) in [6, 6.07) is 7.12. The molecule has 1 aromatic heterocycles. The van der Waals surface area contributed by atoms with Crippen LogP contribution in [0, 0.1) is 10.1 Å². The van der Waals surface area contributed by atoms with Crippen molar-refractivity contribution in [2.45, 2.75) is 18.2 Å². The number of nitro groups is 1. The first-order valence-corrected chi connectivity index (χ1v) is 9.90. The van der Waals surface area contributed by atoms with Gasteiger partial charge in [0, 0.05) is 19.2 Å². The highest BCUT2D eigenvalue weighted by Gasteiger charge is 2.24. The van der Waals surface area contributed by atoms with Crippen molar-refractivity contribution in [1.82, 2.24) is 4.98 Å². The second-order valence-corrected chi connectivity index (χ2v) is 7.47. The molecule has 6 N–H and O–H groups in total. The Balaban J connectivity index is 2.23. The number of carboxylic acid groups (broad SMARTS) is 1. The smallest absolute Gasteiger partial charge is 0.413 e. The van der Waals surface area contributed by atoms with Gasteiger partial charge in [-0.2, -0.15) is 0 Å². The fourth-order valence-electron chi connectivity index (χ4n) is 2.59. The molecule has 0 bridgehead atoms. The molecular formula is C16H20N6O6S. The lowest BCUT2D eigenvalue weighted by atomic mass is 10.1. The van der Waals surface area contributed by atoms with Crippen LogP contribution in [0.3, 0.4) is 0 Å². The standard InChI is InChI=1S/C16H20N6O6S/c1-2-21(16(23)24)13-9-12(14(22(25)26)15(17)20-13)19-8-7-10-3-5-11(6-4-10)29(18,27)28/h3-6,9H,2,7-8H2,1H3,(H,23,24)(H3,17,19,20)(H2,18,27,28). The van der Waals surface area contributed by atoms with E-state index in [2.05, 4.69) is 10.3 Å². The van der Waals surface area contributed by atoms with E-state index in [0.717, 1.165) is 10.5 Å². The van der Waals surface area contributed by atoms with Crippen molar-refractivity contribution in [2.75, 3.05) is 29.0 Å². The number of nitrogen functional groups attached to an aromatic ring is 1. The van der Waals surface area contributed by atoms with Gasteiger partial charge in [-0.05, 0) is 31.0 Å². The van der Waals surface area contributed by atoms with Gasteiger partial charge in [0.1, 0.15) is 11.5 Å². The molecule has 0 saturated heterocycles. The number of nitrogens with two attached hydrogens (primary N) is 2. The average molecular weight is 424 g/mol. The monoisotopic (exact) mass is 424 g/mol. The number of sulfonamides is 1. The summed E-state index contributed by atoms with van der Waals surface area (Å²) in [5.41, 5.74) is 6.00. The van der Waals surface area contributed by atoms with Crippen LogP contribution in [0.1, 0.15) is 12.5 Å². The van der Waals surface area contributed by atoms with Crippen LogP contribution in [0.25, 0.3) is 0 Å². The molecule has 0 radical (unpaired) electrons. The minimum absolute atomic E-state index is 0.0234. The molecule has 1 heterocycles. The number of anilines is 3. The van der Waals surface area contributed by atoms with Crippen molar-refractivity contribution >= 4 is 39.1 Å². The minimum Gasteiger partial charge on any atom is -0.465 e. The van der Waals surface area contributed by atoms with Crippen molar-refractivity contribution < 1.29 is 23.2 Å². The minimum atomic E-state index is -3.79. The number of nitrogens with zero attached hydrogens (tertiary/aromatic N) is 3. The van der Waals surface area contributed by atoms with Crippen LogP contribution in [-0.4, -0.2) is 42.6 Å². The number of nitrogens with one attached hydrogen (secondary N) is 1. The summed E-state index contributed by atoms with van der Waals surface area (Å²) < 4.78 is 22.5. The Morgan fingerprint density at radius 1 is 1.34 bits per heavy atom. The van der Waals surface area contributed by atoms with Gasteiger partial charge in [0.2, 0.25) is 15.8 Å². The number of rotatable bonds is 8. The van der Waals surface area contributed by atoms with E-state index in [-0.39, 0.29) is 29.5 Å². The molecule has 0 atom stereocenters. The molecule has 0 fully saturated rings. The number of benzene rings is 1. The maximum absolute atomic E-state index is 11.3. The predicted octanol–water partition coefficient (Wildman–Crippen LogP) is 1.38. The maximum Gasteiger partial charge on any atom is 0.413 e. The van der Waals surface area contributed by atoms with Crippen LogP contribution in [-0.2, 0) is 16.4 Å². The van der Waals surface area contributed by atoms with Gasteiger partial charge in [-0.25, -0.2) is 23.3 Å². The third kappa shape index (κ3) is 5.30. The number of hydrogen-bond acceptors (Lipinski definition) is 8. The molecule has 0 aliphatic heterocycles. The number of amides is 1. The lowest BCUT2D eigenvalue weighted by molar-refractivity contribution is -0.383. The summed E-state index contributed by atoms with van der Waals surface area (Å²) in [5.74, 6) is -0.449. The lowest BCUT2D eigenvalue weighted by Crippen LogP contribution is -2.30. The fraction of sp³-hybridized carbons (Fsp3) is 0.250. The van der Waals surface area contributed by atoms with E-state index in [1.165, 1.54) is 18.2 Å². The Bertz CT molecular complexity index is 1020. The Hall–Kier alpha value is -3.45. The highest BCUT2D eigenvalue weighted by atomic mass is 32.2. The lowest BCUT2D eigenvalue weighted by Gasteiger charge is -2.18. The van der Waals surface area contributed by atoms with Crippen LogP contribution >= 0.6 is 0 Å². The van der Waals surface area contributed by atoms with Crippen molar-refractivity contribution in [3.05, 3.63) is 46.0 Å². The molecule has 156 valence electrons. The van der Waals surface area contributed by atoms with Gasteiger partial charge < -0.3 is 16.2 Å². The van der Waals surface area contributed by atoms with Crippen molar-refractivity contribution in [3.63, 3.8) is 0 Å². The van der Waals surface area contributed by atoms with E-state index in [1.54, 1.807) is 19.1 Å². The van der Waals surface area contributed by atoms with E-state index in [1.807, 2.05) is 0 Å². The van der Waals surface area contributed by atoms with Gasteiger partial charge in [-0.1, -0.05) is 12.1 Å². The largest absolute Gasteiger partial charge is 0.465 e. The third-order valence-corrected chi connectivity index (χ3v) is 4.92. The molecular weight excluding hydrogens is 404 g/mol. The molecule has 2 rings (SSSR count). The summed E-state index contributed by atoms with van der Waals surface area (Å²) in [5, 5.41) is 28.5. The molecule has 12 nitrogen and oxygen atoms in total.